The number of nitrogens with zero attached hydrogens (tertiary/aromatic N) is 1. The summed E-state index contributed by atoms with van der Waals surface area (Å²) in [6, 6.07) is 2.09. The Morgan fingerprint density at radius 2 is 2.19 bits per heavy atom. The minimum Gasteiger partial charge on any atom is -0.465 e. The zero-order valence-corrected chi connectivity index (χ0v) is 10.4. The van der Waals surface area contributed by atoms with Crippen LogP contribution in [0.5, 0.6) is 0 Å². The van der Waals surface area contributed by atoms with E-state index in [0.29, 0.717) is 12.2 Å². The fourth-order valence-corrected chi connectivity index (χ4v) is 2.04. The summed E-state index contributed by atoms with van der Waals surface area (Å²) in [5.41, 5.74) is 0.604. The van der Waals surface area contributed by atoms with Crippen LogP contribution in [0, 0.1) is 28.6 Å². The quantitative estimate of drug-likeness (QED) is 0.541. The van der Waals surface area contributed by atoms with Gasteiger partial charge in [-0.2, -0.15) is 5.26 Å². The van der Waals surface area contributed by atoms with Gasteiger partial charge in [-0.25, -0.2) is 0 Å². The normalized spacial score (nSPS) is 27.1. The lowest BCUT2D eigenvalue weighted by atomic mass is 10.1. The highest BCUT2D eigenvalue weighted by Crippen LogP contribution is 2.59. The Morgan fingerprint density at radius 1 is 1.56 bits per heavy atom. The predicted octanol–water partition coefficient (Wildman–Crippen LogP) is 2.68. The molecular weight excluding hydrogens is 202 g/mol. The van der Waals surface area contributed by atoms with Crippen LogP contribution in [0.25, 0.3) is 0 Å². The molecule has 0 aromatic rings. The summed E-state index contributed by atoms with van der Waals surface area (Å²) in [4.78, 5) is 11.7. The second kappa shape index (κ2) is 4.69. The van der Waals surface area contributed by atoms with Gasteiger partial charge in [0.25, 0.3) is 0 Å². The van der Waals surface area contributed by atoms with Crippen LogP contribution >= 0.6 is 0 Å². The van der Waals surface area contributed by atoms with Crippen LogP contribution in [-0.2, 0) is 9.53 Å². The zero-order chi connectivity index (χ0) is 12.3. The lowest BCUT2D eigenvalue weighted by molar-refractivity contribution is -0.146. The smallest absolute Gasteiger partial charge is 0.310 e. The van der Waals surface area contributed by atoms with Gasteiger partial charge in [-0.1, -0.05) is 26.8 Å². The molecule has 1 fully saturated rings. The molecule has 0 aromatic carbocycles. The number of carbonyl (C=O) groups excluding carboxylic acids is 1. The maximum atomic E-state index is 11.7. The Kier molecular flexibility index (Phi) is 3.74. The molecule has 1 saturated carbocycles. The Bertz CT molecular complexity index is 349. The van der Waals surface area contributed by atoms with Gasteiger partial charge in [-0.3, -0.25) is 4.79 Å². The molecular formula is C13H19NO2. The Labute approximate surface area is 97.1 Å². The Hall–Kier alpha value is -1.30. The zero-order valence-electron chi connectivity index (χ0n) is 10.4. The minimum absolute atomic E-state index is 0.0665. The maximum Gasteiger partial charge on any atom is 0.310 e. The first-order valence-corrected chi connectivity index (χ1v) is 5.70. The lowest BCUT2D eigenvalue weighted by Gasteiger charge is -2.03. The third-order valence-corrected chi connectivity index (χ3v) is 3.22. The van der Waals surface area contributed by atoms with Gasteiger partial charge in [0.1, 0.15) is 0 Å². The molecule has 0 saturated heterocycles. The summed E-state index contributed by atoms with van der Waals surface area (Å²) in [7, 11) is 0. The molecule has 2 unspecified atom stereocenters. The first-order valence-electron chi connectivity index (χ1n) is 5.70. The van der Waals surface area contributed by atoms with Crippen LogP contribution < -0.4 is 0 Å². The molecule has 0 spiro atoms. The summed E-state index contributed by atoms with van der Waals surface area (Å²) in [5, 5.41) is 8.71. The van der Waals surface area contributed by atoms with Gasteiger partial charge in [0.05, 0.1) is 18.6 Å². The van der Waals surface area contributed by atoms with Gasteiger partial charge in [0.15, 0.2) is 0 Å². The van der Waals surface area contributed by atoms with Crippen molar-refractivity contribution in [1.29, 1.82) is 5.26 Å². The van der Waals surface area contributed by atoms with Crippen molar-refractivity contribution in [2.24, 2.45) is 17.3 Å². The van der Waals surface area contributed by atoms with Crippen LogP contribution in [-0.4, -0.2) is 12.6 Å². The van der Waals surface area contributed by atoms with Crippen LogP contribution in [0.15, 0.2) is 11.6 Å². The van der Waals surface area contributed by atoms with Crippen molar-refractivity contribution in [2.75, 3.05) is 6.61 Å². The topological polar surface area (TPSA) is 50.1 Å². The second-order valence-corrected chi connectivity index (χ2v) is 4.95. The highest BCUT2D eigenvalue weighted by Gasteiger charge is 2.61. The molecule has 3 heteroatoms. The molecule has 0 heterocycles. The summed E-state index contributed by atoms with van der Waals surface area (Å²) in [6.45, 7) is 8.30. The maximum absolute atomic E-state index is 11.7. The van der Waals surface area contributed by atoms with Crippen LogP contribution in [0.4, 0.5) is 0 Å². The number of carbonyl (C=O) groups is 1. The second-order valence-electron chi connectivity index (χ2n) is 4.95. The highest BCUT2D eigenvalue weighted by atomic mass is 16.5. The number of hydrogen-bond acceptors (Lipinski definition) is 3. The SMILES string of the molecule is CCCOC(=O)C1C(C=C(C)C#N)C1(C)C. The minimum atomic E-state index is -0.126. The summed E-state index contributed by atoms with van der Waals surface area (Å²) >= 11 is 0. The van der Waals surface area contributed by atoms with Crippen molar-refractivity contribution in [1.82, 2.24) is 0 Å². The van der Waals surface area contributed by atoms with E-state index in [0.717, 1.165) is 6.42 Å². The molecule has 0 N–H and O–H groups in total. The molecule has 0 radical (unpaired) electrons. The van der Waals surface area contributed by atoms with Crippen molar-refractivity contribution in [3.05, 3.63) is 11.6 Å². The van der Waals surface area contributed by atoms with E-state index >= 15 is 0 Å². The van der Waals surface area contributed by atoms with Crippen molar-refractivity contribution < 1.29 is 9.53 Å². The van der Waals surface area contributed by atoms with Crippen molar-refractivity contribution in [2.45, 2.75) is 34.1 Å². The van der Waals surface area contributed by atoms with E-state index in [1.807, 2.05) is 26.8 Å². The van der Waals surface area contributed by atoms with Gasteiger partial charge in [-0.15, -0.1) is 0 Å². The molecule has 0 bridgehead atoms. The number of esters is 1. The number of allylic oxidation sites excluding steroid dienone is 2. The van der Waals surface area contributed by atoms with Crippen molar-refractivity contribution in [3.63, 3.8) is 0 Å². The van der Waals surface area contributed by atoms with Crippen LogP contribution in [0.2, 0.25) is 0 Å². The molecule has 16 heavy (non-hydrogen) atoms. The van der Waals surface area contributed by atoms with Gasteiger partial charge in [-0.05, 0) is 24.7 Å². The fourth-order valence-electron chi connectivity index (χ4n) is 2.04. The highest BCUT2D eigenvalue weighted by molar-refractivity contribution is 5.78. The number of ether oxygens (including phenoxy) is 1. The van der Waals surface area contributed by atoms with Gasteiger partial charge < -0.3 is 4.74 Å². The summed E-state index contributed by atoms with van der Waals surface area (Å²) < 4.78 is 5.15. The molecule has 88 valence electrons. The first kappa shape index (κ1) is 12.8. The number of rotatable bonds is 4. The van der Waals surface area contributed by atoms with E-state index in [1.165, 1.54) is 0 Å². The van der Waals surface area contributed by atoms with Gasteiger partial charge in [0, 0.05) is 5.57 Å². The van der Waals surface area contributed by atoms with E-state index in [-0.39, 0.29) is 23.2 Å². The molecule has 1 aliphatic rings. The van der Waals surface area contributed by atoms with Gasteiger partial charge >= 0.3 is 5.97 Å². The van der Waals surface area contributed by atoms with E-state index in [2.05, 4.69) is 6.07 Å². The standard InChI is InChI=1S/C13H19NO2/c1-5-6-16-12(15)11-10(13(11,3)4)7-9(2)8-14/h7,10-11H,5-6H2,1-4H3. The summed E-state index contributed by atoms with van der Waals surface area (Å²) in [6.07, 6.45) is 2.73. The van der Waals surface area contributed by atoms with Crippen molar-refractivity contribution >= 4 is 5.97 Å². The van der Waals surface area contributed by atoms with E-state index in [1.54, 1.807) is 6.92 Å². The average molecular weight is 221 g/mol. The van der Waals surface area contributed by atoms with E-state index in [4.69, 9.17) is 10.00 Å². The average Bonchev–Trinajstić information content (AvgIpc) is 2.77. The lowest BCUT2D eigenvalue weighted by Crippen LogP contribution is -2.11. The molecule has 3 nitrogen and oxygen atoms in total. The first-order chi connectivity index (χ1) is 7.45. The Morgan fingerprint density at radius 3 is 2.69 bits per heavy atom. The third-order valence-electron chi connectivity index (χ3n) is 3.22. The monoisotopic (exact) mass is 221 g/mol. The Balaban J connectivity index is 2.64. The van der Waals surface area contributed by atoms with Crippen LogP contribution in [0.3, 0.4) is 0 Å². The fraction of sp³-hybridized carbons (Fsp3) is 0.692. The molecule has 2 atom stereocenters. The van der Waals surface area contributed by atoms with E-state index < -0.39 is 0 Å². The molecule has 1 aliphatic carbocycles. The molecule has 0 aromatic heterocycles. The number of hydrogen-bond donors (Lipinski definition) is 0. The third kappa shape index (κ3) is 2.44. The largest absolute Gasteiger partial charge is 0.465 e. The molecule has 0 aliphatic heterocycles. The molecule has 0 amide bonds. The van der Waals surface area contributed by atoms with Gasteiger partial charge in [0.2, 0.25) is 0 Å². The number of nitriles is 1. The van der Waals surface area contributed by atoms with Crippen LogP contribution in [0.1, 0.15) is 34.1 Å². The summed E-state index contributed by atoms with van der Waals surface area (Å²) in [5.74, 6) is -0.0577. The predicted molar refractivity (Wildman–Crippen MR) is 61.4 cm³/mol. The molecule has 1 rings (SSSR count). The van der Waals surface area contributed by atoms with E-state index in [9.17, 15) is 4.79 Å². The van der Waals surface area contributed by atoms with Crippen molar-refractivity contribution in [3.8, 4) is 6.07 Å².